The Hall–Kier alpha value is -2.04. The van der Waals surface area contributed by atoms with Gasteiger partial charge in [0.15, 0.2) is 11.4 Å². The van der Waals surface area contributed by atoms with Crippen molar-refractivity contribution in [2.75, 3.05) is 7.05 Å². The molecule has 2 N–H and O–H groups in total. The zero-order valence-electron chi connectivity index (χ0n) is 7.56. The average molecular weight is 191 g/mol. The predicted molar refractivity (Wildman–Crippen MR) is 50.2 cm³/mol. The average Bonchev–Trinajstić information content (AvgIpc) is 2.62. The van der Waals surface area contributed by atoms with Gasteiger partial charge in [-0.05, 0) is 12.1 Å². The van der Waals surface area contributed by atoms with Gasteiger partial charge in [-0.2, -0.15) is 0 Å². The number of fused-ring (bicyclic) bond motifs is 1. The van der Waals surface area contributed by atoms with Gasteiger partial charge in [0.25, 0.3) is 5.91 Å². The van der Waals surface area contributed by atoms with E-state index < -0.39 is 0 Å². The standard InChI is InChI=1S/C9H9N3O2/c1-10-9(14)6-5-12-4-2-3-7(13)8(12)11-6/h2-5,13H,1H3,(H,10,14). The fourth-order valence-corrected chi connectivity index (χ4v) is 1.24. The maximum Gasteiger partial charge on any atom is 0.271 e. The van der Waals surface area contributed by atoms with E-state index >= 15 is 0 Å². The lowest BCUT2D eigenvalue weighted by atomic mass is 10.4. The molecule has 0 aliphatic rings. The lowest BCUT2D eigenvalue weighted by Gasteiger charge is -1.92. The lowest BCUT2D eigenvalue weighted by Crippen LogP contribution is -2.17. The maximum atomic E-state index is 11.2. The summed E-state index contributed by atoms with van der Waals surface area (Å²) >= 11 is 0. The highest BCUT2D eigenvalue weighted by Crippen LogP contribution is 2.16. The van der Waals surface area contributed by atoms with Gasteiger partial charge in [-0.25, -0.2) is 4.98 Å². The number of nitrogens with zero attached hydrogens (tertiary/aromatic N) is 2. The molecule has 0 radical (unpaired) electrons. The van der Waals surface area contributed by atoms with Gasteiger partial charge < -0.3 is 14.8 Å². The van der Waals surface area contributed by atoms with Crippen LogP contribution in [0.5, 0.6) is 5.75 Å². The van der Waals surface area contributed by atoms with Crippen molar-refractivity contribution < 1.29 is 9.90 Å². The van der Waals surface area contributed by atoms with Crippen LogP contribution in [-0.2, 0) is 0 Å². The number of hydrogen-bond donors (Lipinski definition) is 2. The minimum Gasteiger partial charge on any atom is -0.504 e. The monoisotopic (exact) mass is 191 g/mol. The zero-order chi connectivity index (χ0) is 10.1. The second-order valence-corrected chi connectivity index (χ2v) is 2.83. The molecule has 0 saturated heterocycles. The van der Waals surface area contributed by atoms with Gasteiger partial charge in [0.2, 0.25) is 0 Å². The number of hydrogen-bond acceptors (Lipinski definition) is 3. The molecule has 0 spiro atoms. The fourth-order valence-electron chi connectivity index (χ4n) is 1.24. The van der Waals surface area contributed by atoms with Crippen LogP contribution >= 0.6 is 0 Å². The summed E-state index contributed by atoms with van der Waals surface area (Å²) in [7, 11) is 1.53. The van der Waals surface area contributed by atoms with Crippen LogP contribution in [0.3, 0.4) is 0 Å². The molecule has 72 valence electrons. The molecule has 0 aliphatic heterocycles. The normalized spacial score (nSPS) is 10.4. The van der Waals surface area contributed by atoms with Crippen molar-refractivity contribution in [3.63, 3.8) is 0 Å². The maximum absolute atomic E-state index is 11.2. The Balaban J connectivity index is 2.62. The summed E-state index contributed by atoms with van der Waals surface area (Å²) in [6.45, 7) is 0. The number of carbonyl (C=O) groups is 1. The van der Waals surface area contributed by atoms with E-state index in [9.17, 15) is 9.90 Å². The van der Waals surface area contributed by atoms with Crippen LogP contribution in [0.25, 0.3) is 5.65 Å². The number of nitrogens with one attached hydrogen (secondary N) is 1. The highest BCUT2D eigenvalue weighted by molar-refractivity contribution is 5.92. The topological polar surface area (TPSA) is 66.6 Å². The Morgan fingerprint density at radius 3 is 3.07 bits per heavy atom. The molecular formula is C9H9N3O2. The molecule has 0 bridgehead atoms. The molecule has 1 amide bonds. The Morgan fingerprint density at radius 1 is 1.64 bits per heavy atom. The molecule has 14 heavy (non-hydrogen) atoms. The first-order valence-electron chi connectivity index (χ1n) is 4.11. The molecule has 2 aromatic heterocycles. The Morgan fingerprint density at radius 2 is 2.43 bits per heavy atom. The SMILES string of the molecule is CNC(=O)c1cn2cccc(O)c2n1. The van der Waals surface area contributed by atoms with Crippen LogP contribution in [0, 0.1) is 0 Å². The third kappa shape index (κ3) is 1.19. The minimum absolute atomic E-state index is 0.0580. The molecule has 5 nitrogen and oxygen atoms in total. The van der Waals surface area contributed by atoms with E-state index in [1.165, 1.54) is 13.1 Å². The Labute approximate surface area is 80.0 Å². The smallest absolute Gasteiger partial charge is 0.271 e. The molecule has 0 atom stereocenters. The second-order valence-electron chi connectivity index (χ2n) is 2.83. The minimum atomic E-state index is -0.270. The van der Waals surface area contributed by atoms with Crippen LogP contribution in [0.1, 0.15) is 10.5 Å². The quantitative estimate of drug-likeness (QED) is 0.685. The highest BCUT2D eigenvalue weighted by Gasteiger charge is 2.10. The van der Waals surface area contributed by atoms with Crippen molar-refractivity contribution >= 4 is 11.6 Å². The van der Waals surface area contributed by atoms with Crippen molar-refractivity contribution in [2.45, 2.75) is 0 Å². The van der Waals surface area contributed by atoms with Crippen LogP contribution < -0.4 is 5.32 Å². The van der Waals surface area contributed by atoms with E-state index in [0.29, 0.717) is 5.65 Å². The van der Waals surface area contributed by atoms with E-state index in [-0.39, 0.29) is 17.4 Å². The van der Waals surface area contributed by atoms with Crippen molar-refractivity contribution in [2.24, 2.45) is 0 Å². The molecule has 0 aliphatic carbocycles. The number of pyridine rings is 1. The molecule has 0 aromatic carbocycles. The summed E-state index contributed by atoms with van der Waals surface area (Å²) in [5.74, 6) is -0.212. The zero-order valence-corrected chi connectivity index (χ0v) is 7.56. The molecule has 2 aromatic rings. The van der Waals surface area contributed by atoms with Gasteiger partial charge in [0.1, 0.15) is 5.69 Å². The molecular weight excluding hydrogens is 182 g/mol. The molecule has 0 unspecified atom stereocenters. The van der Waals surface area contributed by atoms with Crippen LogP contribution in [0.15, 0.2) is 24.5 Å². The molecule has 0 saturated carbocycles. The van der Waals surface area contributed by atoms with Gasteiger partial charge in [-0.1, -0.05) is 0 Å². The van der Waals surface area contributed by atoms with E-state index in [1.54, 1.807) is 22.9 Å². The van der Waals surface area contributed by atoms with Gasteiger partial charge >= 0.3 is 0 Å². The lowest BCUT2D eigenvalue weighted by molar-refractivity contribution is 0.0959. The van der Waals surface area contributed by atoms with Crippen LogP contribution in [-0.4, -0.2) is 27.4 Å². The molecule has 2 rings (SSSR count). The number of aromatic hydroxyl groups is 1. The predicted octanol–water partition coefficient (Wildman–Crippen LogP) is 0.399. The third-order valence-corrected chi connectivity index (χ3v) is 1.92. The van der Waals surface area contributed by atoms with E-state index in [1.807, 2.05) is 0 Å². The summed E-state index contributed by atoms with van der Waals surface area (Å²) in [4.78, 5) is 15.2. The molecule has 5 heteroatoms. The number of aromatic nitrogens is 2. The van der Waals surface area contributed by atoms with Crippen molar-refractivity contribution in [1.82, 2.24) is 14.7 Å². The summed E-state index contributed by atoms with van der Waals surface area (Å²) < 4.78 is 1.60. The molecule has 0 fully saturated rings. The Bertz CT molecular complexity index is 490. The van der Waals surface area contributed by atoms with E-state index in [0.717, 1.165) is 0 Å². The number of carbonyl (C=O) groups excluding carboxylic acids is 1. The largest absolute Gasteiger partial charge is 0.504 e. The third-order valence-electron chi connectivity index (χ3n) is 1.92. The number of rotatable bonds is 1. The first kappa shape index (κ1) is 8.55. The fraction of sp³-hybridized carbons (Fsp3) is 0.111. The summed E-state index contributed by atoms with van der Waals surface area (Å²) in [5.41, 5.74) is 0.667. The summed E-state index contributed by atoms with van der Waals surface area (Å²) in [6, 6.07) is 3.20. The Kier molecular flexibility index (Phi) is 1.85. The van der Waals surface area contributed by atoms with Gasteiger partial charge in [0, 0.05) is 19.4 Å². The number of amides is 1. The highest BCUT2D eigenvalue weighted by atomic mass is 16.3. The van der Waals surface area contributed by atoms with Gasteiger partial charge in [-0.15, -0.1) is 0 Å². The van der Waals surface area contributed by atoms with Crippen LogP contribution in [0.2, 0.25) is 0 Å². The first-order valence-corrected chi connectivity index (χ1v) is 4.11. The number of imidazole rings is 1. The summed E-state index contributed by atoms with van der Waals surface area (Å²) in [6.07, 6.45) is 3.28. The second kappa shape index (κ2) is 3.02. The van der Waals surface area contributed by atoms with Gasteiger partial charge in [0.05, 0.1) is 0 Å². The van der Waals surface area contributed by atoms with Gasteiger partial charge in [-0.3, -0.25) is 4.79 Å². The molecule has 2 heterocycles. The van der Waals surface area contributed by atoms with Crippen molar-refractivity contribution in [3.8, 4) is 5.75 Å². The van der Waals surface area contributed by atoms with Crippen molar-refractivity contribution in [3.05, 3.63) is 30.2 Å². The van der Waals surface area contributed by atoms with Crippen molar-refractivity contribution in [1.29, 1.82) is 0 Å². The summed E-state index contributed by atoms with van der Waals surface area (Å²) in [5, 5.41) is 11.9. The van der Waals surface area contributed by atoms with Crippen LogP contribution in [0.4, 0.5) is 0 Å². The van der Waals surface area contributed by atoms with E-state index in [2.05, 4.69) is 10.3 Å². The first-order chi connectivity index (χ1) is 6.72. The van der Waals surface area contributed by atoms with E-state index in [4.69, 9.17) is 0 Å².